The minimum absolute atomic E-state index is 0.0218. The molecular formula is C27H25FIN5O2S. The summed E-state index contributed by atoms with van der Waals surface area (Å²) in [5, 5.41) is 9.07. The Morgan fingerprint density at radius 1 is 1.16 bits per heavy atom. The lowest BCUT2D eigenvalue weighted by Gasteiger charge is -2.31. The molecule has 7 nitrogen and oxygen atoms in total. The normalized spacial score (nSPS) is 22.7. The molecule has 4 aromatic rings. The highest BCUT2D eigenvalue weighted by atomic mass is 127. The average molecular weight is 629 g/mol. The second-order valence-electron chi connectivity index (χ2n) is 9.85. The molecule has 1 N–H and O–H groups in total. The molecule has 2 fully saturated rings. The first-order valence-corrected chi connectivity index (χ1v) is 14.6. The number of thioether (sulfide) groups is 1. The Bertz CT molecular complexity index is 1580. The van der Waals surface area contributed by atoms with E-state index in [2.05, 4.69) is 44.9 Å². The van der Waals surface area contributed by atoms with Crippen LogP contribution < -0.4 is 10.9 Å². The van der Waals surface area contributed by atoms with Crippen LogP contribution in [0.4, 0.5) is 4.39 Å². The molecule has 10 heteroatoms. The topological polar surface area (TPSA) is 89.2 Å². The summed E-state index contributed by atoms with van der Waals surface area (Å²) in [6.45, 7) is 2.21. The van der Waals surface area contributed by atoms with E-state index in [1.807, 2.05) is 18.2 Å². The molecule has 37 heavy (non-hydrogen) atoms. The number of carbonyl (C=O) groups is 1. The van der Waals surface area contributed by atoms with Crippen molar-refractivity contribution >= 4 is 56.8 Å². The number of benzene rings is 2. The van der Waals surface area contributed by atoms with Crippen LogP contribution in [0.5, 0.6) is 0 Å². The predicted molar refractivity (Wildman–Crippen MR) is 150 cm³/mol. The van der Waals surface area contributed by atoms with Crippen molar-refractivity contribution in [3.05, 3.63) is 62.2 Å². The van der Waals surface area contributed by atoms with Crippen LogP contribution in [0.15, 0.2) is 52.4 Å². The van der Waals surface area contributed by atoms with Gasteiger partial charge in [-0.15, -0.1) is 0 Å². The Labute approximate surface area is 230 Å². The van der Waals surface area contributed by atoms with Crippen molar-refractivity contribution in [2.75, 3.05) is 5.75 Å². The molecule has 0 aliphatic heterocycles. The molecule has 0 spiro atoms. The molecule has 1 amide bonds. The molecule has 2 aliphatic carbocycles. The summed E-state index contributed by atoms with van der Waals surface area (Å²) in [4.78, 5) is 35.1. The predicted octanol–water partition coefficient (Wildman–Crippen LogP) is 5.08. The van der Waals surface area contributed by atoms with Gasteiger partial charge in [0.2, 0.25) is 5.91 Å². The second-order valence-corrected chi connectivity index (χ2v) is 12.0. The number of hydrogen-bond acceptors (Lipinski definition) is 6. The van der Waals surface area contributed by atoms with E-state index in [-0.39, 0.29) is 23.4 Å². The standard InChI is InChI=1S/C27H25FIN5O2S/c1-2-19-15-3-4-16(11-15)23(19)31-22(35)13-37-27-30-21-10-9-18(29)12-20(21)25-32-26(36)24(33-34(25)27)14-5-7-17(28)8-6-14/h5-10,12,15-16,19,23H,2-4,11,13H2,1H3,(H,31,35)/t15-,16-,19+,23-/m0/s1. The average Bonchev–Trinajstić information content (AvgIpc) is 3.49. The van der Waals surface area contributed by atoms with Gasteiger partial charge >= 0.3 is 0 Å². The zero-order valence-corrected chi connectivity index (χ0v) is 23.1. The Morgan fingerprint density at radius 2 is 1.95 bits per heavy atom. The third-order valence-corrected chi connectivity index (χ3v) is 9.34. The molecule has 2 heterocycles. The van der Waals surface area contributed by atoms with Gasteiger partial charge in [-0.25, -0.2) is 9.37 Å². The van der Waals surface area contributed by atoms with Gasteiger partial charge in [0.15, 0.2) is 16.5 Å². The molecule has 190 valence electrons. The molecule has 2 saturated carbocycles. The van der Waals surface area contributed by atoms with Crippen LogP contribution in [0, 0.1) is 27.1 Å². The molecule has 2 bridgehead atoms. The maximum Gasteiger partial charge on any atom is 0.300 e. The van der Waals surface area contributed by atoms with Gasteiger partial charge in [0, 0.05) is 20.6 Å². The summed E-state index contributed by atoms with van der Waals surface area (Å²) in [5.74, 6) is 1.64. The number of hydrogen-bond donors (Lipinski definition) is 1. The van der Waals surface area contributed by atoms with Crippen LogP contribution in [0.2, 0.25) is 0 Å². The fourth-order valence-electron chi connectivity index (χ4n) is 6.09. The van der Waals surface area contributed by atoms with Gasteiger partial charge in [0.1, 0.15) is 5.82 Å². The molecule has 0 radical (unpaired) electrons. The zero-order chi connectivity index (χ0) is 25.7. The Kier molecular flexibility index (Phi) is 6.64. The van der Waals surface area contributed by atoms with E-state index >= 15 is 0 Å². The number of fused-ring (bicyclic) bond motifs is 5. The van der Waals surface area contributed by atoms with Crippen molar-refractivity contribution < 1.29 is 9.18 Å². The van der Waals surface area contributed by atoms with Crippen LogP contribution in [-0.2, 0) is 4.79 Å². The highest BCUT2D eigenvalue weighted by Gasteiger charge is 2.46. The quantitative estimate of drug-likeness (QED) is 0.139. The van der Waals surface area contributed by atoms with Gasteiger partial charge in [0.05, 0.1) is 11.3 Å². The van der Waals surface area contributed by atoms with Gasteiger partial charge in [0.25, 0.3) is 5.56 Å². The second kappa shape index (κ2) is 9.94. The maximum absolute atomic E-state index is 13.5. The molecule has 2 aromatic carbocycles. The van der Waals surface area contributed by atoms with E-state index in [4.69, 9.17) is 4.98 Å². The number of halogens is 2. The highest BCUT2D eigenvalue weighted by Crippen LogP contribution is 2.49. The summed E-state index contributed by atoms with van der Waals surface area (Å²) in [5.41, 5.74) is 1.11. The number of nitrogens with zero attached hydrogens (tertiary/aromatic N) is 4. The van der Waals surface area contributed by atoms with E-state index in [1.54, 1.807) is 0 Å². The van der Waals surface area contributed by atoms with Crippen LogP contribution in [0.1, 0.15) is 32.6 Å². The van der Waals surface area contributed by atoms with E-state index in [9.17, 15) is 14.0 Å². The molecule has 2 aromatic heterocycles. The Hall–Kier alpha value is -2.60. The number of aromatic nitrogens is 4. The van der Waals surface area contributed by atoms with Crippen LogP contribution in [-0.4, -0.2) is 37.3 Å². The first-order valence-electron chi connectivity index (χ1n) is 12.5. The zero-order valence-electron chi connectivity index (χ0n) is 20.2. The number of amides is 1. The SMILES string of the molecule is CC[C@@H]1[C@H]2CC[C@@H](C2)[C@@H]1NC(=O)CSc1nc2ccc(I)cc2c2nc(=O)c(-c3ccc(F)cc3)nn12. The Balaban J connectivity index is 1.35. The van der Waals surface area contributed by atoms with E-state index in [0.29, 0.717) is 39.1 Å². The largest absolute Gasteiger partial charge is 0.352 e. The van der Waals surface area contributed by atoms with Crippen molar-refractivity contribution in [3.8, 4) is 11.3 Å². The van der Waals surface area contributed by atoms with E-state index in [0.717, 1.165) is 15.9 Å². The van der Waals surface area contributed by atoms with Crippen molar-refractivity contribution in [1.29, 1.82) is 0 Å². The molecule has 0 unspecified atom stereocenters. The molecule has 0 saturated heterocycles. The monoisotopic (exact) mass is 629 g/mol. The summed E-state index contributed by atoms with van der Waals surface area (Å²) >= 11 is 3.48. The fourth-order valence-corrected chi connectivity index (χ4v) is 7.34. The minimum Gasteiger partial charge on any atom is -0.352 e. The number of nitrogens with one attached hydrogen (secondary N) is 1. The van der Waals surface area contributed by atoms with Crippen molar-refractivity contribution in [3.63, 3.8) is 0 Å². The lowest BCUT2D eigenvalue weighted by atomic mass is 9.83. The van der Waals surface area contributed by atoms with Gasteiger partial charge in [-0.2, -0.15) is 14.6 Å². The Morgan fingerprint density at radius 3 is 2.73 bits per heavy atom. The first kappa shape index (κ1) is 24.7. The fraction of sp³-hybridized carbons (Fsp3) is 0.370. The lowest BCUT2D eigenvalue weighted by molar-refractivity contribution is -0.120. The highest BCUT2D eigenvalue weighted by molar-refractivity contribution is 14.1. The van der Waals surface area contributed by atoms with Crippen molar-refractivity contribution in [1.82, 2.24) is 24.9 Å². The molecule has 2 aliphatic rings. The van der Waals surface area contributed by atoms with Gasteiger partial charge in [-0.1, -0.05) is 25.1 Å². The number of rotatable bonds is 6. The lowest BCUT2D eigenvalue weighted by Crippen LogP contribution is -2.44. The van der Waals surface area contributed by atoms with Crippen LogP contribution in [0.25, 0.3) is 27.8 Å². The maximum atomic E-state index is 13.5. The van der Waals surface area contributed by atoms with E-state index in [1.165, 1.54) is 59.8 Å². The molecule has 6 rings (SSSR count). The molecular weight excluding hydrogens is 604 g/mol. The third-order valence-electron chi connectivity index (χ3n) is 7.74. The molecule has 4 atom stereocenters. The minimum atomic E-state index is -0.506. The summed E-state index contributed by atoms with van der Waals surface area (Å²) in [6.07, 6.45) is 4.79. The van der Waals surface area contributed by atoms with Gasteiger partial charge in [-0.05, 0) is 102 Å². The summed E-state index contributed by atoms with van der Waals surface area (Å²) < 4.78 is 16.0. The van der Waals surface area contributed by atoms with Crippen molar-refractivity contribution in [2.45, 2.75) is 43.8 Å². The first-order chi connectivity index (χ1) is 17.9. The van der Waals surface area contributed by atoms with Gasteiger partial charge in [-0.3, -0.25) is 9.59 Å². The van der Waals surface area contributed by atoms with Gasteiger partial charge < -0.3 is 5.32 Å². The smallest absolute Gasteiger partial charge is 0.300 e. The van der Waals surface area contributed by atoms with Crippen LogP contribution in [0.3, 0.4) is 0 Å². The summed E-state index contributed by atoms with van der Waals surface area (Å²) in [7, 11) is 0. The third kappa shape index (κ3) is 4.62. The van der Waals surface area contributed by atoms with Crippen LogP contribution >= 0.6 is 34.4 Å². The van der Waals surface area contributed by atoms with E-state index < -0.39 is 11.4 Å². The summed E-state index contributed by atoms with van der Waals surface area (Å²) in [6, 6.07) is 11.5. The number of carbonyl (C=O) groups excluding carboxylic acids is 1. The van der Waals surface area contributed by atoms with Crippen molar-refractivity contribution in [2.24, 2.45) is 17.8 Å².